The average Bonchev–Trinajstić information content (AvgIpc) is 3.32. The maximum absolute atomic E-state index is 5.48. The molecule has 1 aliphatic rings. The molecule has 4 rings (SSSR count). The highest BCUT2D eigenvalue weighted by Crippen LogP contribution is 2.23. The third-order valence-corrected chi connectivity index (χ3v) is 4.56. The minimum Gasteiger partial charge on any atom is -0.338 e. The molecule has 1 atom stereocenters. The van der Waals surface area contributed by atoms with Crippen LogP contribution in [0.15, 0.2) is 41.4 Å². The molecule has 24 heavy (non-hydrogen) atoms. The van der Waals surface area contributed by atoms with Crippen molar-refractivity contribution in [3.05, 3.63) is 48.4 Å². The van der Waals surface area contributed by atoms with Crippen LogP contribution in [0.25, 0.3) is 11.4 Å². The first-order valence-corrected chi connectivity index (χ1v) is 8.24. The van der Waals surface area contributed by atoms with Crippen molar-refractivity contribution in [2.45, 2.75) is 38.9 Å². The molecule has 7 heteroatoms. The van der Waals surface area contributed by atoms with Gasteiger partial charge >= 0.3 is 0 Å². The van der Waals surface area contributed by atoms with Gasteiger partial charge in [-0.15, -0.1) is 0 Å². The van der Waals surface area contributed by atoms with Crippen molar-refractivity contribution in [1.82, 2.24) is 29.8 Å². The van der Waals surface area contributed by atoms with Gasteiger partial charge < -0.3 is 4.52 Å². The van der Waals surface area contributed by atoms with Gasteiger partial charge in [-0.1, -0.05) is 29.4 Å². The summed E-state index contributed by atoms with van der Waals surface area (Å²) in [6, 6.07) is 8.51. The summed E-state index contributed by atoms with van der Waals surface area (Å²) >= 11 is 0. The molecule has 0 aliphatic carbocycles. The second-order valence-electron chi connectivity index (χ2n) is 6.21. The van der Waals surface area contributed by atoms with Gasteiger partial charge in [-0.05, 0) is 31.9 Å². The summed E-state index contributed by atoms with van der Waals surface area (Å²) in [5, 5.41) is 8.35. The fourth-order valence-electron chi connectivity index (χ4n) is 3.28. The van der Waals surface area contributed by atoms with E-state index in [1.165, 1.54) is 6.42 Å². The first-order chi connectivity index (χ1) is 11.8. The summed E-state index contributed by atoms with van der Waals surface area (Å²) in [6.07, 6.45) is 5.67. The third-order valence-electron chi connectivity index (χ3n) is 4.56. The van der Waals surface area contributed by atoms with Crippen molar-refractivity contribution in [1.29, 1.82) is 0 Å². The highest BCUT2D eigenvalue weighted by molar-refractivity contribution is 5.58. The minimum absolute atomic E-state index is 0.431. The normalized spacial score (nSPS) is 18.3. The Labute approximate surface area is 140 Å². The zero-order valence-corrected chi connectivity index (χ0v) is 13.7. The van der Waals surface area contributed by atoms with Crippen LogP contribution in [0, 0.1) is 6.92 Å². The molecule has 0 saturated carbocycles. The van der Waals surface area contributed by atoms with E-state index in [1.54, 1.807) is 12.7 Å². The lowest BCUT2D eigenvalue weighted by molar-refractivity contribution is 0.192. The molecule has 1 unspecified atom stereocenters. The number of rotatable bonds is 5. The standard InChI is InChI=1S/C17H20N6O/c1-13-5-2-3-7-15(13)17-20-16(24-21-17)10-22-8-4-6-14(22)9-23-12-18-11-19-23/h2-3,5,7,11-12,14H,4,6,8-10H2,1H3. The predicted octanol–water partition coefficient (Wildman–Crippen LogP) is 2.30. The van der Waals surface area contributed by atoms with E-state index >= 15 is 0 Å². The number of hydrogen-bond acceptors (Lipinski definition) is 6. The van der Waals surface area contributed by atoms with Crippen LogP contribution in [0.4, 0.5) is 0 Å². The van der Waals surface area contributed by atoms with Crippen LogP contribution in [0.1, 0.15) is 24.3 Å². The van der Waals surface area contributed by atoms with Crippen LogP contribution < -0.4 is 0 Å². The quantitative estimate of drug-likeness (QED) is 0.717. The molecule has 1 fully saturated rings. The average molecular weight is 324 g/mol. The molecule has 2 aromatic heterocycles. The Hall–Kier alpha value is -2.54. The fraction of sp³-hybridized carbons (Fsp3) is 0.412. The van der Waals surface area contributed by atoms with Crippen LogP contribution >= 0.6 is 0 Å². The first-order valence-electron chi connectivity index (χ1n) is 8.24. The molecule has 0 radical (unpaired) electrons. The highest BCUT2D eigenvalue weighted by atomic mass is 16.5. The minimum atomic E-state index is 0.431. The Morgan fingerprint density at radius 3 is 3.04 bits per heavy atom. The molecule has 1 saturated heterocycles. The number of likely N-dealkylation sites (tertiary alicyclic amines) is 1. The Morgan fingerprint density at radius 2 is 2.21 bits per heavy atom. The van der Waals surface area contributed by atoms with E-state index in [0.29, 0.717) is 24.3 Å². The van der Waals surface area contributed by atoms with E-state index in [2.05, 4.69) is 38.1 Å². The molecule has 3 aromatic rings. The highest BCUT2D eigenvalue weighted by Gasteiger charge is 2.27. The molecule has 0 amide bonds. The monoisotopic (exact) mass is 324 g/mol. The second kappa shape index (κ2) is 6.52. The third kappa shape index (κ3) is 3.07. The molecule has 0 N–H and O–H groups in total. The Morgan fingerprint density at radius 1 is 1.29 bits per heavy atom. The predicted molar refractivity (Wildman–Crippen MR) is 87.9 cm³/mol. The number of aromatic nitrogens is 5. The molecule has 0 bridgehead atoms. The summed E-state index contributed by atoms with van der Waals surface area (Å²) in [7, 11) is 0. The SMILES string of the molecule is Cc1ccccc1-c1noc(CN2CCCC2Cn2cncn2)n1. The van der Waals surface area contributed by atoms with Gasteiger partial charge in [-0.3, -0.25) is 9.58 Å². The van der Waals surface area contributed by atoms with E-state index in [0.717, 1.165) is 30.6 Å². The summed E-state index contributed by atoms with van der Waals surface area (Å²) < 4.78 is 7.37. The van der Waals surface area contributed by atoms with Gasteiger partial charge in [0.2, 0.25) is 11.7 Å². The molecule has 0 spiro atoms. The molecule has 1 aromatic carbocycles. The Balaban J connectivity index is 1.46. The van der Waals surface area contributed by atoms with Crippen LogP contribution in [0.5, 0.6) is 0 Å². The molecule has 7 nitrogen and oxygen atoms in total. The van der Waals surface area contributed by atoms with E-state index in [4.69, 9.17) is 4.52 Å². The van der Waals surface area contributed by atoms with Crippen molar-refractivity contribution in [3.8, 4) is 11.4 Å². The first kappa shape index (κ1) is 15.0. The van der Waals surface area contributed by atoms with Gasteiger partial charge in [0, 0.05) is 11.6 Å². The Bertz CT molecular complexity index is 797. The van der Waals surface area contributed by atoms with Crippen LogP contribution in [-0.4, -0.2) is 42.4 Å². The van der Waals surface area contributed by atoms with Gasteiger partial charge in [0.05, 0.1) is 13.1 Å². The lowest BCUT2D eigenvalue weighted by Gasteiger charge is -2.22. The van der Waals surface area contributed by atoms with Crippen molar-refractivity contribution in [2.75, 3.05) is 6.54 Å². The van der Waals surface area contributed by atoms with Crippen molar-refractivity contribution in [3.63, 3.8) is 0 Å². The van der Waals surface area contributed by atoms with Gasteiger partial charge in [-0.25, -0.2) is 4.98 Å². The van der Waals surface area contributed by atoms with E-state index in [-0.39, 0.29) is 0 Å². The molecule has 1 aliphatic heterocycles. The lowest BCUT2D eigenvalue weighted by Crippen LogP contribution is -2.32. The van der Waals surface area contributed by atoms with Crippen LogP contribution in [0.2, 0.25) is 0 Å². The number of hydrogen-bond donors (Lipinski definition) is 0. The molecule has 124 valence electrons. The number of nitrogens with zero attached hydrogens (tertiary/aromatic N) is 6. The van der Waals surface area contributed by atoms with E-state index < -0.39 is 0 Å². The van der Waals surface area contributed by atoms with Crippen molar-refractivity contribution in [2.24, 2.45) is 0 Å². The number of benzene rings is 1. The summed E-state index contributed by atoms with van der Waals surface area (Å²) in [4.78, 5) is 11.0. The van der Waals surface area contributed by atoms with Crippen molar-refractivity contribution >= 4 is 0 Å². The van der Waals surface area contributed by atoms with Gasteiger partial charge in [0.1, 0.15) is 12.7 Å². The molecular weight excluding hydrogens is 304 g/mol. The topological polar surface area (TPSA) is 72.9 Å². The summed E-state index contributed by atoms with van der Waals surface area (Å²) in [6.45, 7) is 4.62. The van der Waals surface area contributed by atoms with E-state index in [9.17, 15) is 0 Å². The van der Waals surface area contributed by atoms with Gasteiger partial charge in [0.25, 0.3) is 0 Å². The van der Waals surface area contributed by atoms with Gasteiger partial charge in [-0.2, -0.15) is 10.1 Å². The second-order valence-corrected chi connectivity index (χ2v) is 6.21. The van der Waals surface area contributed by atoms with Crippen molar-refractivity contribution < 1.29 is 4.52 Å². The molecular formula is C17H20N6O. The maximum atomic E-state index is 5.48. The smallest absolute Gasteiger partial charge is 0.241 e. The van der Waals surface area contributed by atoms with Crippen LogP contribution in [0.3, 0.4) is 0 Å². The lowest BCUT2D eigenvalue weighted by atomic mass is 10.1. The summed E-state index contributed by atoms with van der Waals surface area (Å²) in [5.41, 5.74) is 2.17. The maximum Gasteiger partial charge on any atom is 0.241 e. The molecule has 3 heterocycles. The number of aryl methyl sites for hydroxylation is 1. The largest absolute Gasteiger partial charge is 0.338 e. The van der Waals surface area contributed by atoms with Crippen LogP contribution in [-0.2, 0) is 13.1 Å². The zero-order valence-electron chi connectivity index (χ0n) is 13.7. The van der Waals surface area contributed by atoms with E-state index in [1.807, 2.05) is 22.9 Å². The summed E-state index contributed by atoms with van der Waals surface area (Å²) in [5.74, 6) is 1.33. The van der Waals surface area contributed by atoms with Gasteiger partial charge in [0.15, 0.2) is 0 Å². The fourth-order valence-corrected chi connectivity index (χ4v) is 3.28. The zero-order chi connectivity index (χ0) is 16.4. The Kier molecular flexibility index (Phi) is 4.08.